The Morgan fingerprint density at radius 2 is 0.486 bits per heavy atom. The minimum absolute atomic E-state index is 0.0701. The van der Waals surface area contributed by atoms with E-state index in [0.717, 1.165) is 22.7 Å². The molecule has 0 aliphatic heterocycles. The molecule has 16 aromatic carbocycles. The smallest absolute Gasteiger partial charge is 0.0641 e. The molecule has 0 spiro atoms. The van der Waals surface area contributed by atoms with Crippen molar-refractivity contribution in [3.63, 3.8) is 0 Å². The van der Waals surface area contributed by atoms with Gasteiger partial charge in [0.25, 0.3) is 0 Å². The third-order valence-electron chi connectivity index (χ3n) is 22.9. The zero-order chi connectivity index (χ0) is 69.2. The van der Waals surface area contributed by atoms with Crippen molar-refractivity contribution in [3.8, 4) is 56.4 Å². The minimum Gasteiger partial charge on any atom is -0.309 e. The van der Waals surface area contributed by atoms with Gasteiger partial charge in [0.05, 0.1) is 66.2 Å². The summed E-state index contributed by atoms with van der Waals surface area (Å²) in [5.41, 5.74) is 29.4. The largest absolute Gasteiger partial charge is 0.309 e. The first-order valence-electron chi connectivity index (χ1n) is 36.4. The standard InChI is InChI=1S/C51H35N3.C48H31N3/c1-51(2)42-20-10-6-16-35(42)36-26-24-34(31-43(36)51)53-44-21-11-8-18-38(44)41-30-33(25-28-47(41)53)54-45-22-12-7-17-37(45)39-27-29-48-49(50(39)54)40-19-9-13-23-46(40)52(48)32-14-4-3-5-15-32;1-3-13-32(14-4-1)33-23-25-35(26-24-33)49-42-20-10-8-18-38(42)41-31-36(27-29-45(41)49)51-43-21-11-7-17-37(43)39-28-30-46-47(48(39)51)40-19-9-12-22-44(40)50(46)34-15-5-2-6-16-34/h3-31H,1-2H3;1-31H. The molecule has 0 bridgehead atoms. The lowest BCUT2D eigenvalue weighted by Crippen LogP contribution is -2.15. The second-order valence-electron chi connectivity index (χ2n) is 28.7. The molecule has 0 radical (unpaired) electrons. The first kappa shape index (κ1) is 59.0. The Morgan fingerprint density at radius 3 is 0.971 bits per heavy atom. The van der Waals surface area contributed by atoms with Crippen LogP contribution >= 0.6 is 0 Å². The summed E-state index contributed by atoms with van der Waals surface area (Å²) in [6, 6.07) is 133. The van der Waals surface area contributed by atoms with Crippen LogP contribution in [0.3, 0.4) is 0 Å². The normalized spacial score (nSPS) is 12.7. The van der Waals surface area contributed by atoms with Crippen LogP contribution in [-0.2, 0) is 5.41 Å². The van der Waals surface area contributed by atoms with Gasteiger partial charge < -0.3 is 27.4 Å². The summed E-state index contributed by atoms with van der Waals surface area (Å²) in [7, 11) is 0. The predicted molar refractivity (Wildman–Crippen MR) is 442 cm³/mol. The van der Waals surface area contributed by atoms with E-state index in [2.05, 4.69) is 405 Å². The molecule has 6 heterocycles. The second kappa shape index (κ2) is 22.7. The van der Waals surface area contributed by atoms with Crippen LogP contribution in [0.25, 0.3) is 187 Å². The van der Waals surface area contributed by atoms with E-state index in [0.29, 0.717) is 0 Å². The zero-order valence-corrected chi connectivity index (χ0v) is 57.8. The number of para-hydroxylation sites is 8. The molecule has 0 atom stereocenters. The highest BCUT2D eigenvalue weighted by Crippen LogP contribution is 2.51. The number of aromatic nitrogens is 6. The fraction of sp³-hybridized carbons (Fsp3) is 0.0303. The fourth-order valence-corrected chi connectivity index (χ4v) is 18.3. The summed E-state index contributed by atoms with van der Waals surface area (Å²) in [6.07, 6.45) is 0. The van der Waals surface area contributed by atoms with E-state index in [-0.39, 0.29) is 5.41 Å². The molecule has 0 saturated heterocycles. The van der Waals surface area contributed by atoms with Crippen LogP contribution in [0.4, 0.5) is 0 Å². The predicted octanol–water partition coefficient (Wildman–Crippen LogP) is 25.9. The van der Waals surface area contributed by atoms with Crippen molar-refractivity contribution < 1.29 is 0 Å². The molecule has 1 aliphatic carbocycles. The minimum atomic E-state index is -0.0701. The molecule has 23 rings (SSSR count). The molecule has 492 valence electrons. The van der Waals surface area contributed by atoms with E-state index < -0.39 is 0 Å². The van der Waals surface area contributed by atoms with Gasteiger partial charge >= 0.3 is 0 Å². The average molecular weight is 1340 g/mol. The van der Waals surface area contributed by atoms with E-state index in [1.165, 1.54) is 176 Å². The van der Waals surface area contributed by atoms with Gasteiger partial charge in [-0.3, -0.25) is 0 Å². The zero-order valence-electron chi connectivity index (χ0n) is 57.8. The molecular formula is C99H66N6. The van der Waals surface area contributed by atoms with Crippen LogP contribution in [-0.4, -0.2) is 27.4 Å². The Bertz CT molecular complexity index is 7340. The van der Waals surface area contributed by atoms with Gasteiger partial charge in [0, 0.05) is 104 Å². The van der Waals surface area contributed by atoms with Crippen molar-refractivity contribution in [1.82, 2.24) is 27.4 Å². The summed E-state index contributed by atoms with van der Waals surface area (Å²) >= 11 is 0. The van der Waals surface area contributed by atoms with Gasteiger partial charge in [0.2, 0.25) is 0 Å². The van der Waals surface area contributed by atoms with Crippen molar-refractivity contribution in [2.24, 2.45) is 0 Å². The van der Waals surface area contributed by atoms with Gasteiger partial charge in [-0.15, -0.1) is 0 Å². The monoisotopic (exact) mass is 1340 g/mol. The number of nitrogens with zero attached hydrogens (tertiary/aromatic N) is 6. The molecule has 0 unspecified atom stereocenters. The van der Waals surface area contributed by atoms with Gasteiger partial charge in [0.1, 0.15) is 0 Å². The SMILES string of the molecule is CC1(C)c2ccccc2-c2ccc(-n3c4ccccc4c4cc(-n5c6ccccc6c6ccc7c(c8ccccc8n7-c7ccccc7)c65)ccc43)cc21.c1ccc(-c2ccc(-n3c4ccccc4c4cc(-n5c6ccccc6c6ccc7c(c8ccccc8n7-c7ccccc7)c65)ccc43)cc2)cc1. The molecule has 0 saturated carbocycles. The molecule has 105 heavy (non-hydrogen) atoms. The van der Waals surface area contributed by atoms with E-state index in [9.17, 15) is 0 Å². The highest BCUT2D eigenvalue weighted by molar-refractivity contribution is 6.28. The topological polar surface area (TPSA) is 29.6 Å². The van der Waals surface area contributed by atoms with E-state index in [1.807, 2.05) is 0 Å². The fourth-order valence-electron chi connectivity index (χ4n) is 18.3. The summed E-state index contributed by atoms with van der Waals surface area (Å²) in [5.74, 6) is 0. The van der Waals surface area contributed by atoms with Crippen molar-refractivity contribution in [1.29, 1.82) is 0 Å². The Hall–Kier alpha value is -13.7. The Morgan fingerprint density at radius 1 is 0.181 bits per heavy atom. The third-order valence-corrected chi connectivity index (χ3v) is 22.9. The Balaban J connectivity index is 0.000000132. The lowest BCUT2D eigenvalue weighted by Gasteiger charge is -2.22. The molecule has 1 aliphatic rings. The molecule has 6 heteroatoms. The van der Waals surface area contributed by atoms with E-state index in [1.54, 1.807) is 0 Å². The average Bonchev–Trinajstić information content (AvgIpc) is 1.55. The summed E-state index contributed by atoms with van der Waals surface area (Å²) in [6.45, 7) is 4.72. The number of hydrogen-bond donors (Lipinski definition) is 0. The summed E-state index contributed by atoms with van der Waals surface area (Å²) in [4.78, 5) is 0. The lowest BCUT2D eigenvalue weighted by atomic mass is 9.82. The number of hydrogen-bond acceptors (Lipinski definition) is 0. The molecule has 0 N–H and O–H groups in total. The van der Waals surface area contributed by atoms with E-state index in [4.69, 9.17) is 0 Å². The first-order valence-corrected chi connectivity index (χ1v) is 36.4. The van der Waals surface area contributed by atoms with Crippen molar-refractivity contribution in [2.75, 3.05) is 0 Å². The van der Waals surface area contributed by atoms with E-state index >= 15 is 0 Å². The van der Waals surface area contributed by atoms with Crippen molar-refractivity contribution >= 4 is 131 Å². The van der Waals surface area contributed by atoms with Crippen LogP contribution < -0.4 is 0 Å². The van der Waals surface area contributed by atoms with Gasteiger partial charge in [0.15, 0.2) is 0 Å². The van der Waals surface area contributed by atoms with Gasteiger partial charge in [-0.1, -0.05) is 244 Å². The first-order chi connectivity index (χ1) is 51.9. The number of fused-ring (bicyclic) bond motifs is 23. The number of benzene rings is 16. The van der Waals surface area contributed by atoms with Crippen LogP contribution in [0.1, 0.15) is 25.0 Å². The summed E-state index contributed by atoms with van der Waals surface area (Å²) < 4.78 is 14.7. The maximum absolute atomic E-state index is 2.51. The molecule has 22 aromatic rings. The molecule has 6 nitrogen and oxygen atoms in total. The van der Waals surface area contributed by atoms with Crippen molar-refractivity contribution in [2.45, 2.75) is 19.3 Å². The highest BCUT2D eigenvalue weighted by Gasteiger charge is 2.36. The quantitative estimate of drug-likeness (QED) is 0.152. The molecule has 0 amide bonds. The summed E-state index contributed by atoms with van der Waals surface area (Å²) in [5, 5.41) is 15.1. The second-order valence-corrected chi connectivity index (χ2v) is 28.7. The molecule has 0 fully saturated rings. The molecular weight excluding hydrogens is 1270 g/mol. The highest BCUT2D eigenvalue weighted by atomic mass is 15.0. The maximum Gasteiger partial charge on any atom is 0.0641 e. The van der Waals surface area contributed by atoms with Crippen LogP contribution in [0, 0.1) is 0 Å². The van der Waals surface area contributed by atoms with Gasteiger partial charge in [-0.2, -0.15) is 0 Å². The maximum atomic E-state index is 2.51. The van der Waals surface area contributed by atoms with Crippen LogP contribution in [0.15, 0.2) is 364 Å². The lowest BCUT2D eigenvalue weighted by molar-refractivity contribution is 0.660. The van der Waals surface area contributed by atoms with Gasteiger partial charge in [-0.05, 0) is 167 Å². The Labute approximate surface area is 605 Å². The molecule has 6 aromatic heterocycles. The third kappa shape index (κ3) is 8.59. The van der Waals surface area contributed by atoms with Crippen molar-refractivity contribution in [3.05, 3.63) is 375 Å². The number of rotatable bonds is 7. The van der Waals surface area contributed by atoms with Crippen LogP contribution in [0.2, 0.25) is 0 Å². The van der Waals surface area contributed by atoms with Crippen LogP contribution in [0.5, 0.6) is 0 Å². The van der Waals surface area contributed by atoms with Gasteiger partial charge in [-0.25, -0.2) is 0 Å². The Kier molecular flexibility index (Phi) is 12.7.